The number of imidazole rings is 1. The number of rotatable bonds is 6. The highest BCUT2D eigenvalue weighted by molar-refractivity contribution is 5.75. The molecule has 5 nitrogen and oxygen atoms in total. The van der Waals surface area contributed by atoms with Gasteiger partial charge in [0.1, 0.15) is 5.82 Å². The molecule has 2 atom stereocenters. The first-order valence-corrected chi connectivity index (χ1v) is 6.65. The van der Waals surface area contributed by atoms with Gasteiger partial charge in [0.2, 0.25) is 0 Å². The van der Waals surface area contributed by atoms with Crippen LogP contribution in [0.3, 0.4) is 0 Å². The molecule has 0 fully saturated rings. The summed E-state index contributed by atoms with van der Waals surface area (Å²) in [6.07, 6.45) is 0.790. The maximum atomic E-state index is 5.63. The van der Waals surface area contributed by atoms with Crippen molar-refractivity contribution < 1.29 is 4.74 Å². The number of hydrogen-bond donors (Lipinski definition) is 2. The van der Waals surface area contributed by atoms with E-state index in [1.165, 1.54) is 0 Å². The molecule has 2 unspecified atom stereocenters. The molecule has 104 valence electrons. The summed E-state index contributed by atoms with van der Waals surface area (Å²) in [7, 11) is 2.03. The molecule has 5 heteroatoms. The number of hydrogen-bond acceptors (Lipinski definition) is 4. The third kappa shape index (κ3) is 2.94. The second kappa shape index (κ2) is 6.14. The molecule has 0 saturated carbocycles. The Balaban J connectivity index is 2.22. The molecule has 0 radical (unpaired) electrons. The van der Waals surface area contributed by atoms with Crippen LogP contribution in [0.2, 0.25) is 0 Å². The van der Waals surface area contributed by atoms with Crippen LogP contribution in [-0.4, -0.2) is 28.3 Å². The van der Waals surface area contributed by atoms with Gasteiger partial charge in [0.25, 0.3) is 0 Å². The fraction of sp³-hybridized carbons (Fsp3) is 0.500. The Labute approximate surface area is 113 Å². The zero-order valence-electron chi connectivity index (χ0n) is 11.8. The fourth-order valence-electron chi connectivity index (χ4n) is 2.31. The van der Waals surface area contributed by atoms with Crippen LogP contribution in [-0.2, 0) is 18.2 Å². The van der Waals surface area contributed by atoms with Crippen molar-refractivity contribution in [1.29, 1.82) is 0 Å². The van der Waals surface area contributed by atoms with E-state index >= 15 is 0 Å². The van der Waals surface area contributed by atoms with Crippen molar-refractivity contribution in [3.63, 3.8) is 0 Å². The molecule has 0 amide bonds. The zero-order valence-corrected chi connectivity index (χ0v) is 11.8. The van der Waals surface area contributed by atoms with E-state index in [-0.39, 0.29) is 12.1 Å². The number of aromatic nitrogens is 2. The van der Waals surface area contributed by atoms with Crippen LogP contribution < -0.4 is 11.3 Å². The molecule has 0 spiro atoms. The van der Waals surface area contributed by atoms with Crippen molar-refractivity contribution in [2.75, 3.05) is 6.61 Å². The van der Waals surface area contributed by atoms with Crippen LogP contribution in [0.15, 0.2) is 24.3 Å². The second-order valence-electron chi connectivity index (χ2n) is 4.71. The molecule has 1 aromatic heterocycles. The van der Waals surface area contributed by atoms with E-state index < -0.39 is 0 Å². The summed E-state index contributed by atoms with van der Waals surface area (Å²) < 4.78 is 7.71. The van der Waals surface area contributed by atoms with Gasteiger partial charge in [0.05, 0.1) is 23.2 Å². The van der Waals surface area contributed by atoms with Gasteiger partial charge in [-0.25, -0.2) is 4.98 Å². The van der Waals surface area contributed by atoms with Gasteiger partial charge < -0.3 is 9.30 Å². The lowest BCUT2D eigenvalue weighted by atomic mass is 10.1. The lowest BCUT2D eigenvalue weighted by molar-refractivity contribution is 0.0470. The van der Waals surface area contributed by atoms with Gasteiger partial charge in [-0.1, -0.05) is 12.1 Å². The average molecular weight is 262 g/mol. The maximum absolute atomic E-state index is 5.63. The molecule has 1 aromatic carbocycles. The first-order valence-electron chi connectivity index (χ1n) is 6.65. The van der Waals surface area contributed by atoms with Gasteiger partial charge in [-0.2, -0.15) is 0 Å². The number of ether oxygens (including phenoxy) is 1. The van der Waals surface area contributed by atoms with Crippen LogP contribution in [0.4, 0.5) is 0 Å². The second-order valence-corrected chi connectivity index (χ2v) is 4.71. The van der Waals surface area contributed by atoms with Crippen LogP contribution in [0.25, 0.3) is 11.0 Å². The third-order valence-corrected chi connectivity index (χ3v) is 3.49. The van der Waals surface area contributed by atoms with Gasteiger partial charge in [-0.05, 0) is 26.0 Å². The number of nitrogens with one attached hydrogen (secondary N) is 1. The first kappa shape index (κ1) is 14.0. The number of aryl methyl sites for hydroxylation is 1. The summed E-state index contributed by atoms with van der Waals surface area (Å²) in [4.78, 5) is 4.65. The Kier molecular flexibility index (Phi) is 4.52. The fourth-order valence-corrected chi connectivity index (χ4v) is 2.31. The Bertz CT molecular complexity index is 537. The van der Waals surface area contributed by atoms with Crippen molar-refractivity contribution in [3.05, 3.63) is 30.1 Å². The van der Waals surface area contributed by atoms with E-state index in [0.717, 1.165) is 23.3 Å². The highest BCUT2D eigenvalue weighted by Gasteiger charge is 2.19. The number of nitrogens with two attached hydrogens (primary N) is 1. The number of benzene rings is 1. The smallest absolute Gasteiger partial charge is 0.111 e. The summed E-state index contributed by atoms with van der Waals surface area (Å²) >= 11 is 0. The van der Waals surface area contributed by atoms with E-state index in [0.29, 0.717) is 6.61 Å². The predicted octanol–water partition coefficient (Wildman–Crippen LogP) is 1.37. The zero-order chi connectivity index (χ0) is 13.8. The molecular weight excluding hydrogens is 240 g/mol. The molecule has 1 heterocycles. The standard InChI is InChI=1S/C14H22N4O/c1-4-19-10(2)12(17-15)9-14-16-11-7-5-6-8-13(11)18(14)3/h5-8,10,12,17H,4,9,15H2,1-3H3. The van der Waals surface area contributed by atoms with Crippen molar-refractivity contribution in [1.82, 2.24) is 15.0 Å². The van der Waals surface area contributed by atoms with E-state index in [1.807, 2.05) is 39.1 Å². The van der Waals surface area contributed by atoms with Gasteiger partial charge in [0, 0.05) is 20.1 Å². The average Bonchev–Trinajstić information content (AvgIpc) is 2.73. The summed E-state index contributed by atoms with van der Waals surface area (Å²) in [6, 6.07) is 8.17. The van der Waals surface area contributed by atoms with E-state index in [2.05, 4.69) is 21.0 Å². The Morgan fingerprint density at radius 2 is 2.16 bits per heavy atom. The quantitative estimate of drug-likeness (QED) is 0.609. The molecule has 0 saturated heterocycles. The third-order valence-electron chi connectivity index (χ3n) is 3.49. The molecule has 19 heavy (non-hydrogen) atoms. The Morgan fingerprint density at radius 1 is 1.42 bits per heavy atom. The SMILES string of the molecule is CCOC(C)C(Cc1nc2ccccc2n1C)NN. The molecule has 0 aliphatic heterocycles. The number of nitrogens with zero attached hydrogens (tertiary/aromatic N) is 2. The van der Waals surface area contributed by atoms with Crippen LogP contribution in [0.1, 0.15) is 19.7 Å². The lowest BCUT2D eigenvalue weighted by Crippen LogP contribution is -2.45. The Hall–Kier alpha value is -1.43. The minimum atomic E-state index is 0.0508. The largest absolute Gasteiger partial charge is 0.377 e. The minimum Gasteiger partial charge on any atom is -0.377 e. The van der Waals surface area contributed by atoms with E-state index in [4.69, 9.17) is 10.6 Å². The van der Waals surface area contributed by atoms with Crippen molar-refractivity contribution in [2.45, 2.75) is 32.4 Å². The topological polar surface area (TPSA) is 65.1 Å². The number of hydrazine groups is 1. The molecule has 3 N–H and O–H groups in total. The normalized spacial score (nSPS) is 14.7. The highest BCUT2D eigenvalue weighted by Crippen LogP contribution is 2.16. The summed E-state index contributed by atoms with van der Waals surface area (Å²) in [5, 5.41) is 0. The van der Waals surface area contributed by atoms with Crippen LogP contribution >= 0.6 is 0 Å². The van der Waals surface area contributed by atoms with Gasteiger partial charge in [-0.3, -0.25) is 11.3 Å². The van der Waals surface area contributed by atoms with Crippen LogP contribution in [0.5, 0.6) is 0 Å². The number of fused-ring (bicyclic) bond motifs is 1. The highest BCUT2D eigenvalue weighted by atomic mass is 16.5. The minimum absolute atomic E-state index is 0.0508. The van der Waals surface area contributed by atoms with Crippen LogP contribution in [0, 0.1) is 0 Å². The van der Waals surface area contributed by atoms with E-state index in [1.54, 1.807) is 0 Å². The molecule has 2 rings (SSSR count). The van der Waals surface area contributed by atoms with Gasteiger partial charge in [-0.15, -0.1) is 0 Å². The predicted molar refractivity (Wildman–Crippen MR) is 76.6 cm³/mol. The monoisotopic (exact) mass is 262 g/mol. The molecule has 2 aromatic rings. The van der Waals surface area contributed by atoms with Crippen molar-refractivity contribution >= 4 is 11.0 Å². The summed E-state index contributed by atoms with van der Waals surface area (Å²) in [5.74, 6) is 6.64. The molecular formula is C14H22N4O. The lowest BCUT2D eigenvalue weighted by Gasteiger charge is -2.22. The van der Waals surface area contributed by atoms with Gasteiger partial charge >= 0.3 is 0 Å². The first-order chi connectivity index (χ1) is 9.17. The number of para-hydroxylation sites is 2. The van der Waals surface area contributed by atoms with Crippen molar-refractivity contribution in [3.8, 4) is 0 Å². The molecule has 0 aliphatic rings. The van der Waals surface area contributed by atoms with Crippen molar-refractivity contribution in [2.24, 2.45) is 12.9 Å². The van der Waals surface area contributed by atoms with Gasteiger partial charge in [0.15, 0.2) is 0 Å². The summed E-state index contributed by atoms with van der Waals surface area (Å²) in [6.45, 7) is 4.69. The summed E-state index contributed by atoms with van der Waals surface area (Å²) in [5.41, 5.74) is 4.98. The maximum Gasteiger partial charge on any atom is 0.111 e. The molecule has 0 aliphatic carbocycles. The van der Waals surface area contributed by atoms with E-state index in [9.17, 15) is 0 Å². The molecule has 0 bridgehead atoms. The Morgan fingerprint density at radius 3 is 2.79 bits per heavy atom.